The fourth-order valence-electron chi connectivity index (χ4n) is 5.18. The summed E-state index contributed by atoms with van der Waals surface area (Å²) in [7, 11) is 1.52. The molecule has 112 valence electrons. The van der Waals surface area contributed by atoms with E-state index in [1.165, 1.54) is 13.5 Å². The number of carbonyl (C=O) groups excluding carboxylic acids is 2. The van der Waals surface area contributed by atoms with Crippen LogP contribution in [0.15, 0.2) is 0 Å². The average Bonchev–Trinajstić information content (AvgIpc) is 2.32. The van der Waals surface area contributed by atoms with E-state index in [1.807, 2.05) is 0 Å². The summed E-state index contributed by atoms with van der Waals surface area (Å²) < 4.78 is 5.03. The SMILES string of the molecule is CNC(=O)COC(=O)CC12C[C@@H]3C[C@H](CC(O)(C3)C1)C2. The zero-order chi connectivity index (χ0) is 14.4. The van der Waals surface area contributed by atoms with Gasteiger partial charge in [-0.15, -0.1) is 0 Å². The van der Waals surface area contributed by atoms with Gasteiger partial charge >= 0.3 is 5.97 Å². The van der Waals surface area contributed by atoms with Gasteiger partial charge in [-0.3, -0.25) is 9.59 Å². The summed E-state index contributed by atoms with van der Waals surface area (Å²) >= 11 is 0. The number of amides is 1. The molecule has 2 atom stereocenters. The molecule has 0 heterocycles. The van der Waals surface area contributed by atoms with Gasteiger partial charge in [0.1, 0.15) is 0 Å². The van der Waals surface area contributed by atoms with Crippen molar-refractivity contribution in [3.05, 3.63) is 0 Å². The van der Waals surface area contributed by atoms with Gasteiger partial charge in [0.05, 0.1) is 12.0 Å². The lowest BCUT2D eigenvalue weighted by Crippen LogP contribution is -2.56. The maximum absolute atomic E-state index is 12.0. The molecule has 0 radical (unpaired) electrons. The van der Waals surface area contributed by atoms with E-state index in [0.717, 1.165) is 32.1 Å². The molecule has 4 rings (SSSR count). The van der Waals surface area contributed by atoms with Gasteiger partial charge in [-0.05, 0) is 55.8 Å². The summed E-state index contributed by atoms with van der Waals surface area (Å²) in [6, 6.07) is 0. The van der Waals surface area contributed by atoms with E-state index < -0.39 is 5.60 Å². The van der Waals surface area contributed by atoms with Crippen molar-refractivity contribution in [1.82, 2.24) is 5.32 Å². The first-order valence-corrected chi connectivity index (χ1v) is 7.51. The Morgan fingerprint density at radius 3 is 2.45 bits per heavy atom. The molecule has 4 saturated carbocycles. The van der Waals surface area contributed by atoms with Crippen molar-refractivity contribution in [2.75, 3.05) is 13.7 Å². The second-order valence-electron chi connectivity index (χ2n) is 7.20. The molecular weight excluding hydrogens is 258 g/mol. The number of rotatable bonds is 4. The van der Waals surface area contributed by atoms with Crippen molar-refractivity contribution < 1.29 is 19.4 Å². The van der Waals surface area contributed by atoms with Crippen LogP contribution in [-0.4, -0.2) is 36.2 Å². The third-order valence-corrected chi connectivity index (χ3v) is 5.31. The normalized spacial score (nSPS) is 41.5. The van der Waals surface area contributed by atoms with Crippen LogP contribution in [0.1, 0.15) is 44.9 Å². The second-order valence-corrected chi connectivity index (χ2v) is 7.20. The lowest BCUT2D eigenvalue weighted by atomic mass is 9.47. The lowest BCUT2D eigenvalue weighted by Gasteiger charge is -2.60. The summed E-state index contributed by atoms with van der Waals surface area (Å²) in [4.78, 5) is 23.1. The summed E-state index contributed by atoms with van der Waals surface area (Å²) in [6.45, 7) is -0.206. The van der Waals surface area contributed by atoms with Crippen molar-refractivity contribution in [2.24, 2.45) is 17.3 Å². The summed E-state index contributed by atoms with van der Waals surface area (Å²) in [6.07, 6.45) is 6.14. The first-order chi connectivity index (χ1) is 9.42. The Labute approximate surface area is 119 Å². The Morgan fingerprint density at radius 2 is 1.90 bits per heavy atom. The van der Waals surface area contributed by atoms with E-state index in [9.17, 15) is 14.7 Å². The van der Waals surface area contributed by atoms with Gasteiger partial charge in [0.2, 0.25) is 0 Å². The molecular formula is C15H23NO4. The Kier molecular flexibility index (Phi) is 3.27. The molecule has 4 aliphatic carbocycles. The molecule has 5 heteroatoms. The Bertz CT molecular complexity index is 420. The molecule has 0 aromatic rings. The van der Waals surface area contributed by atoms with Gasteiger partial charge in [-0.25, -0.2) is 0 Å². The molecule has 4 aliphatic rings. The number of hydrogen-bond acceptors (Lipinski definition) is 4. The summed E-state index contributed by atoms with van der Waals surface area (Å²) in [5.74, 6) is 0.530. The Morgan fingerprint density at radius 1 is 1.25 bits per heavy atom. The maximum Gasteiger partial charge on any atom is 0.306 e. The fraction of sp³-hybridized carbons (Fsp3) is 0.867. The van der Waals surface area contributed by atoms with Crippen LogP contribution < -0.4 is 5.32 Å². The highest BCUT2D eigenvalue weighted by Gasteiger charge is 2.57. The van der Waals surface area contributed by atoms with Gasteiger partial charge in [0, 0.05) is 7.05 Å². The Hall–Kier alpha value is -1.10. The average molecular weight is 281 g/mol. The van der Waals surface area contributed by atoms with Crippen molar-refractivity contribution in [3.8, 4) is 0 Å². The number of likely N-dealkylation sites (N-methyl/N-ethyl adjacent to an activating group) is 1. The first-order valence-electron chi connectivity index (χ1n) is 7.51. The molecule has 0 aromatic heterocycles. The van der Waals surface area contributed by atoms with Crippen LogP contribution >= 0.6 is 0 Å². The highest BCUT2D eigenvalue weighted by atomic mass is 16.5. The van der Waals surface area contributed by atoms with Crippen LogP contribution in [0.5, 0.6) is 0 Å². The zero-order valence-corrected chi connectivity index (χ0v) is 12.0. The minimum Gasteiger partial charge on any atom is -0.456 e. The first kappa shape index (κ1) is 13.9. The van der Waals surface area contributed by atoms with Gasteiger partial charge in [0.25, 0.3) is 5.91 Å². The largest absolute Gasteiger partial charge is 0.456 e. The van der Waals surface area contributed by atoms with Crippen LogP contribution in [0.4, 0.5) is 0 Å². The highest BCUT2D eigenvalue weighted by Crippen LogP contribution is 2.62. The molecule has 0 unspecified atom stereocenters. The second kappa shape index (κ2) is 4.72. The molecule has 0 spiro atoms. The van der Waals surface area contributed by atoms with Crippen LogP contribution in [0.25, 0.3) is 0 Å². The van der Waals surface area contributed by atoms with Crippen molar-refractivity contribution in [2.45, 2.75) is 50.5 Å². The van der Waals surface area contributed by atoms with E-state index >= 15 is 0 Å². The predicted molar refractivity (Wildman–Crippen MR) is 71.7 cm³/mol. The van der Waals surface area contributed by atoms with Gasteiger partial charge in [-0.1, -0.05) is 0 Å². The molecule has 0 aromatic carbocycles. The third-order valence-electron chi connectivity index (χ3n) is 5.31. The third kappa shape index (κ3) is 2.55. The van der Waals surface area contributed by atoms with E-state index in [2.05, 4.69) is 5.32 Å². The van der Waals surface area contributed by atoms with Gasteiger partial charge < -0.3 is 15.2 Å². The van der Waals surface area contributed by atoms with Crippen molar-refractivity contribution in [1.29, 1.82) is 0 Å². The van der Waals surface area contributed by atoms with Gasteiger partial charge in [-0.2, -0.15) is 0 Å². The summed E-state index contributed by atoms with van der Waals surface area (Å²) in [5, 5.41) is 13.1. The van der Waals surface area contributed by atoms with Crippen LogP contribution in [0, 0.1) is 17.3 Å². The number of hydrogen-bond donors (Lipinski definition) is 2. The predicted octanol–water partition coefficient (Wildman–Crippen LogP) is 0.997. The molecule has 2 N–H and O–H groups in total. The smallest absolute Gasteiger partial charge is 0.306 e. The van der Waals surface area contributed by atoms with Crippen LogP contribution in [0.2, 0.25) is 0 Å². The minimum absolute atomic E-state index is 0.0847. The molecule has 1 amide bonds. The van der Waals surface area contributed by atoms with E-state index in [4.69, 9.17) is 4.74 Å². The minimum atomic E-state index is -0.550. The molecule has 0 saturated heterocycles. The maximum atomic E-state index is 12.0. The molecule has 5 nitrogen and oxygen atoms in total. The van der Waals surface area contributed by atoms with E-state index in [1.54, 1.807) is 0 Å². The van der Waals surface area contributed by atoms with Crippen LogP contribution in [-0.2, 0) is 14.3 Å². The monoisotopic (exact) mass is 281 g/mol. The zero-order valence-electron chi connectivity index (χ0n) is 12.0. The van der Waals surface area contributed by atoms with Crippen LogP contribution in [0.3, 0.4) is 0 Å². The molecule has 4 fully saturated rings. The van der Waals surface area contributed by atoms with Crippen molar-refractivity contribution >= 4 is 11.9 Å². The standard InChI is InChI=1S/C15H23NO4/c1-16-12(17)8-20-13(18)7-14-3-10-2-11(4-14)6-15(19,5-10)9-14/h10-11,19H,2-9H2,1H3,(H,16,17)/t10-,11-,14?,15?/m0/s1. The quantitative estimate of drug-likeness (QED) is 0.754. The fourth-order valence-corrected chi connectivity index (χ4v) is 5.18. The topological polar surface area (TPSA) is 75.6 Å². The molecule has 4 bridgehead atoms. The number of ether oxygens (including phenoxy) is 1. The Balaban J connectivity index is 1.62. The number of esters is 1. The van der Waals surface area contributed by atoms with E-state index in [-0.39, 0.29) is 23.9 Å². The highest BCUT2D eigenvalue weighted by molar-refractivity contribution is 5.80. The van der Waals surface area contributed by atoms with E-state index in [0.29, 0.717) is 18.3 Å². The lowest BCUT2D eigenvalue weighted by molar-refractivity contribution is -0.177. The molecule has 0 aliphatic heterocycles. The molecule has 20 heavy (non-hydrogen) atoms. The van der Waals surface area contributed by atoms with Crippen molar-refractivity contribution in [3.63, 3.8) is 0 Å². The van der Waals surface area contributed by atoms with Gasteiger partial charge in [0.15, 0.2) is 6.61 Å². The number of nitrogens with one attached hydrogen (secondary N) is 1. The number of aliphatic hydroxyl groups is 1. The number of carbonyl (C=O) groups is 2. The summed E-state index contributed by atoms with van der Waals surface area (Å²) in [5.41, 5.74) is -0.635.